The molecule has 102 valence electrons. The summed E-state index contributed by atoms with van der Waals surface area (Å²) in [7, 11) is -3.22. The van der Waals surface area contributed by atoms with E-state index in [4.69, 9.17) is 5.73 Å². The Morgan fingerprint density at radius 1 is 1.39 bits per heavy atom. The highest BCUT2D eigenvalue weighted by molar-refractivity contribution is 9.10. The van der Waals surface area contributed by atoms with Crippen molar-refractivity contribution in [3.05, 3.63) is 22.7 Å². The number of hydrogen-bond acceptors (Lipinski definition) is 4. The third-order valence-electron chi connectivity index (χ3n) is 2.18. The van der Waals surface area contributed by atoms with Gasteiger partial charge in [0.05, 0.1) is 6.26 Å². The van der Waals surface area contributed by atoms with Gasteiger partial charge in [-0.3, -0.25) is 0 Å². The van der Waals surface area contributed by atoms with Crippen LogP contribution in [0.25, 0.3) is 0 Å². The molecule has 0 saturated heterocycles. The first-order valence-electron chi connectivity index (χ1n) is 5.37. The van der Waals surface area contributed by atoms with Gasteiger partial charge in [-0.15, -0.1) is 0 Å². The van der Waals surface area contributed by atoms with Crippen LogP contribution in [0, 0.1) is 0 Å². The second-order valence-corrected chi connectivity index (χ2v) is 7.45. The van der Waals surface area contributed by atoms with Gasteiger partial charge in [0, 0.05) is 27.9 Å². The lowest BCUT2D eigenvalue weighted by Crippen LogP contribution is -2.47. The van der Waals surface area contributed by atoms with Crippen molar-refractivity contribution in [3.8, 4) is 0 Å². The highest BCUT2D eigenvalue weighted by atomic mass is 79.9. The lowest BCUT2D eigenvalue weighted by molar-refractivity contribution is 0.476. The third kappa shape index (κ3) is 5.24. The van der Waals surface area contributed by atoms with Gasteiger partial charge in [0.2, 0.25) is 10.0 Å². The first-order valence-corrected chi connectivity index (χ1v) is 8.05. The average Bonchev–Trinajstić information content (AvgIpc) is 2.12. The fraction of sp³-hybridized carbons (Fsp3) is 0.455. The van der Waals surface area contributed by atoms with E-state index in [-0.39, 0.29) is 0 Å². The van der Waals surface area contributed by atoms with Crippen LogP contribution in [0.5, 0.6) is 0 Å². The summed E-state index contributed by atoms with van der Waals surface area (Å²) in [6.07, 6.45) is 1.15. The van der Waals surface area contributed by atoms with E-state index in [9.17, 15) is 8.42 Å². The van der Waals surface area contributed by atoms with E-state index in [1.165, 1.54) is 0 Å². The molecule has 1 rings (SSSR count). The van der Waals surface area contributed by atoms with Crippen LogP contribution < -0.4 is 15.8 Å². The van der Waals surface area contributed by atoms with Crippen molar-refractivity contribution in [3.63, 3.8) is 0 Å². The molecule has 0 aliphatic rings. The van der Waals surface area contributed by atoms with Gasteiger partial charge in [0.25, 0.3) is 0 Å². The predicted molar refractivity (Wildman–Crippen MR) is 79.1 cm³/mol. The number of nitrogens with one attached hydrogen (secondary N) is 2. The molecule has 0 radical (unpaired) electrons. The average molecular weight is 336 g/mol. The molecule has 0 unspecified atom stereocenters. The predicted octanol–water partition coefficient (Wildman–Crippen LogP) is 1.77. The zero-order valence-electron chi connectivity index (χ0n) is 10.6. The van der Waals surface area contributed by atoms with E-state index in [1.807, 2.05) is 19.9 Å². The number of benzene rings is 1. The first-order chi connectivity index (χ1) is 8.09. The zero-order chi connectivity index (χ0) is 14.0. The second kappa shape index (κ2) is 5.46. The number of anilines is 2. The largest absolute Gasteiger partial charge is 0.399 e. The van der Waals surface area contributed by atoms with Crippen molar-refractivity contribution < 1.29 is 8.42 Å². The molecule has 0 heterocycles. The molecule has 0 saturated carbocycles. The third-order valence-corrected chi connectivity index (χ3v) is 3.76. The van der Waals surface area contributed by atoms with Crippen molar-refractivity contribution in [2.24, 2.45) is 0 Å². The Morgan fingerprint density at radius 2 is 2.00 bits per heavy atom. The highest BCUT2D eigenvalue weighted by Crippen LogP contribution is 2.25. The summed E-state index contributed by atoms with van der Waals surface area (Å²) in [4.78, 5) is 0. The molecule has 0 aromatic heterocycles. The van der Waals surface area contributed by atoms with E-state index in [1.54, 1.807) is 12.1 Å². The molecule has 7 heteroatoms. The fourth-order valence-electron chi connectivity index (χ4n) is 1.53. The molecule has 1 aromatic rings. The van der Waals surface area contributed by atoms with Gasteiger partial charge < -0.3 is 11.1 Å². The smallest absolute Gasteiger partial charge is 0.209 e. The first kappa shape index (κ1) is 15.3. The maximum atomic E-state index is 11.2. The van der Waals surface area contributed by atoms with Gasteiger partial charge >= 0.3 is 0 Å². The minimum Gasteiger partial charge on any atom is -0.399 e. The number of nitrogen functional groups attached to an aromatic ring is 1. The minimum absolute atomic E-state index is 0.461. The maximum absolute atomic E-state index is 11.2. The summed E-state index contributed by atoms with van der Waals surface area (Å²) in [5.74, 6) is 0. The molecule has 18 heavy (non-hydrogen) atoms. The van der Waals surface area contributed by atoms with Crippen LogP contribution in [0.1, 0.15) is 13.8 Å². The van der Waals surface area contributed by atoms with E-state index in [2.05, 4.69) is 26.0 Å². The lowest BCUT2D eigenvalue weighted by atomic mass is 10.1. The molecule has 1 aromatic carbocycles. The van der Waals surface area contributed by atoms with Crippen molar-refractivity contribution in [2.45, 2.75) is 19.4 Å². The molecular weight excluding hydrogens is 318 g/mol. The normalized spacial score (nSPS) is 12.4. The molecule has 0 aliphatic carbocycles. The van der Waals surface area contributed by atoms with Crippen LogP contribution in [0.2, 0.25) is 0 Å². The second-order valence-electron chi connectivity index (χ2n) is 4.85. The molecule has 0 bridgehead atoms. The molecule has 0 spiro atoms. The lowest BCUT2D eigenvalue weighted by Gasteiger charge is -2.26. The molecule has 4 N–H and O–H groups in total. The number of sulfonamides is 1. The number of hydrogen-bond donors (Lipinski definition) is 3. The van der Waals surface area contributed by atoms with E-state index in [0.717, 1.165) is 16.4 Å². The Kier molecular flexibility index (Phi) is 4.63. The number of nitrogens with two attached hydrogens (primary N) is 1. The topological polar surface area (TPSA) is 84.2 Å². The number of rotatable bonds is 5. The van der Waals surface area contributed by atoms with Gasteiger partial charge in [-0.25, -0.2) is 13.1 Å². The van der Waals surface area contributed by atoms with Gasteiger partial charge in [-0.2, -0.15) is 0 Å². The van der Waals surface area contributed by atoms with Gasteiger partial charge in [0.15, 0.2) is 0 Å². The van der Waals surface area contributed by atoms with E-state index in [0.29, 0.717) is 12.2 Å². The minimum atomic E-state index is -3.22. The monoisotopic (exact) mass is 335 g/mol. The van der Waals surface area contributed by atoms with Crippen LogP contribution in [0.3, 0.4) is 0 Å². The molecule has 0 amide bonds. The summed E-state index contributed by atoms with van der Waals surface area (Å²) in [5.41, 5.74) is 6.60. The maximum Gasteiger partial charge on any atom is 0.209 e. The molecule has 0 fully saturated rings. The standard InChI is InChI=1S/C11H18BrN3O2S/c1-11(2,15-18(3,16)17)7-14-10-5-4-8(13)6-9(10)12/h4-6,14-15H,7,13H2,1-3H3. The van der Waals surface area contributed by atoms with Crippen molar-refractivity contribution in [1.82, 2.24) is 4.72 Å². The summed E-state index contributed by atoms with van der Waals surface area (Å²) in [6, 6.07) is 5.42. The highest BCUT2D eigenvalue weighted by Gasteiger charge is 2.21. The van der Waals surface area contributed by atoms with Gasteiger partial charge in [-0.1, -0.05) is 0 Å². The molecule has 5 nitrogen and oxygen atoms in total. The van der Waals surface area contributed by atoms with Gasteiger partial charge in [-0.05, 0) is 48.0 Å². The summed E-state index contributed by atoms with van der Waals surface area (Å²) in [5, 5.41) is 3.17. The van der Waals surface area contributed by atoms with E-state index >= 15 is 0 Å². The molecule has 0 atom stereocenters. The summed E-state index contributed by atoms with van der Waals surface area (Å²) >= 11 is 3.40. The Bertz CT molecular complexity index is 529. The number of halogens is 1. The summed E-state index contributed by atoms with van der Waals surface area (Å²) in [6.45, 7) is 4.08. The Labute approximate surface area is 116 Å². The van der Waals surface area contributed by atoms with Crippen LogP contribution in [0.4, 0.5) is 11.4 Å². The molecular formula is C11H18BrN3O2S. The Morgan fingerprint density at radius 3 is 2.50 bits per heavy atom. The van der Waals surface area contributed by atoms with Crippen LogP contribution in [0.15, 0.2) is 22.7 Å². The van der Waals surface area contributed by atoms with Crippen molar-refractivity contribution in [1.29, 1.82) is 0 Å². The SMILES string of the molecule is CC(C)(CNc1ccc(N)cc1Br)NS(C)(=O)=O. The Hall–Kier alpha value is -0.790. The zero-order valence-corrected chi connectivity index (χ0v) is 13.0. The fourth-order valence-corrected chi connectivity index (χ4v) is 3.14. The van der Waals surface area contributed by atoms with Gasteiger partial charge in [0.1, 0.15) is 0 Å². The van der Waals surface area contributed by atoms with Crippen LogP contribution >= 0.6 is 15.9 Å². The van der Waals surface area contributed by atoms with Crippen LogP contribution in [-0.2, 0) is 10.0 Å². The Balaban J connectivity index is 2.70. The van der Waals surface area contributed by atoms with Crippen molar-refractivity contribution in [2.75, 3.05) is 23.9 Å². The van der Waals surface area contributed by atoms with E-state index < -0.39 is 15.6 Å². The van der Waals surface area contributed by atoms with Crippen molar-refractivity contribution >= 4 is 37.3 Å². The quantitative estimate of drug-likeness (QED) is 0.716. The summed E-state index contributed by atoms with van der Waals surface area (Å²) < 4.78 is 25.8. The molecule has 0 aliphatic heterocycles. The van der Waals surface area contributed by atoms with Crippen LogP contribution in [-0.4, -0.2) is 26.8 Å².